The maximum atomic E-state index is 13.0. The molecule has 0 saturated heterocycles. The number of esters is 1. The summed E-state index contributed by atoms with van der Waals surface area (Å²) < 4.78 is 10.3. The zero-order chi connectivity index (χ0) is 24.1. The van der Waals surface area contributed by atoms with Crippen molar-refractivity contribution in [2.24, 2.45) is 23.2 Å². The molecule has 5 unspecified atom stereocenters. The first kappa shape index (κ1) is 28.6. The Morgan fingerprint density at radius 3 is 2.44 bits per heavy atom. The van der Waals surface area contributed by atoms with E-state index in [0.717, 1.165) is 51.4 Å². The van der Waals surface area contributed by atoms with Gasteiger partial charge in [0.15, 0.2) is 0 Å². The van der Waals surface area contributed by atoms with Crippen molar-refractivity contribution in [3.8, 4) is 0 Å². The number of unbranched alkanes of at least 4 members (excludes halogenated alkanes) is 4. The topological polar surface area (TPSA) is 72.8 Å². The highest BCUT2D eigenvalue weighted by Crippen LogP contribution is 2.39. The molecule has 1 rings (SSSR count). The summed E-state index contributed by atoms with van der Waals surface area (Å²) >= 11 is 0. The summed E-state index contributed by atoms with van der Waals surface area (Å²) in [5.41, 5.74) is -0.367. The molecule has 0 bridgehead atoms. The van der Waals surface area contributed by atoms with Crippen LogP contribution in [0.15, 0.2) is 24.3 Å². The number of ketones is 1. The second-order valence-corrected chi connectivity index (χ2v) is 10.1. The lowest BCUT2D eigenvalue weighted by molar-refractivity contribution is -0.134. The summed E-state index contributed by atoms with van der Waals surface area (Å²) in [6.45, 7) is 8.15. The van der Waals surface area contributed by atoms with Crippen LogP contribution in [0.4, 0.5) is 0 Å². The van der Waals surface area contributed by atoms with Crippen molar-refractivity contribution >= 4 is 11.8 Å². The maximum absolute atomic E-state index is 13.0. The van der Waals surface area contributed by atoms with Crippen molar-refractivity contribution in [3.63, 3.8) is 0 Å². The van der Waals surface area contributed by atoms with Crippen molar-refractivity contribution in [2.75, 3.05) is 14.2 Å². The van der Waals surface area contributed by atoms with E-state index in [0.29, 0.717) is 6.42 Å². The first-order valence-electron chi connectivity index (χ1n) is 12.3. The summed E-state index contributed by atoms with van der Waals surface area (Å²) in [6.07, 6.45) is 15.6. The molecule has 5 heteroatoms. The summed E-state index contributed by atoms with van der Waals surface area (Å²) in [6, 6.07) is 0. The minimum atomic E-state index is -0.392. The van der Waals surface area contributed by atoms with E-state index in [4.69, 9.17) is 4.74 Å². The van der Waals surface area contributed by atoms with Gasteiger partial charge in [-0.05, 0) is 31.6 Å². The van der Waals surface area contributed by atoms with E-state index in [1.807, 2.05) is 26.8 Å². The van der Waals surface area contributed by atoms with E-state index >= 15 is 0 Å². The Morgan fingerprint density at radius 2 is 1.84 bits per heavy atom. The minimum Gasteiger partial charge on any atom is -0.466 e. The van der Waals surface area contributed by atoms with Gasteiger partial charge in [-0.1, -0.05) is 71.6 Å². The Bertz CT molecular complexity index is 616. The van der Waals surface area contributed by atoms with Crippen LogP contribution in [0.5, 0.6) is 0 Å². The van der Waals surface area contributed by atoms with E-state index in [9.17, 15) is 14.7 Å². The average Bonchev–Trinajstić information content (AvgIpc) is 3.06. The third-order valence-electron chi connectivity index (χ3n) is 6.57. The van der Waals surface area contributed by atoms with Gasteiger partial charge in [-0.15, -0.1) is 0 Å². The molecule has 5 nitrogen and oxygen atoms in total. The first-order chi connectivity index (χ1) is 15.1. The van der Waals surface area contributed by atoms with Gasteiger partial charge in [0.05, 0.1) is 19.3 Å². The lowest BCUT2D eigenvalue weighted by Crippen LogP contribution is -2.28. The number of carbonyl (C=O) groups is 2. The summed E-state index contributed by atoms with van der Waals surface area (Å²) in [5, 5.41) is 10.7. The van der Waals surface area contributed by atoms with Gasteiger partial charge in [-0.3, -0.25) is 4.79 Å². The highest BCUT2D eigenvalue weighted by molar-refractivity contribution is 5.87. The predicted molar refractivity (Wildman–Crippen MR) is 129 cm³/mol. The van der Waals surface area contributed by atoms with Crippen LogP contribution < -0.4 is 0 Å². The smallest absolute Gasteiger partial charge is 0.330 e. The number of rotatable bonds is 14. The quantitative estimate of drug-likeness (QED) is 0.160. The second-order valence-electron chi connectivity index (χ2n) is 10.1. The number of Topliss-reactive ketones (excluding diaryl/α,β-unsaturated/α-hetero) is 1. The van der Waals surface area contributed by atoms with Crippen LogP contribution in [0.25, 0.3) is 0 Å². The Kier molecular flexibility index (Phi) is 13.1. The second kappa shape index (κ2) is 14.6. The molecule has 0 radical (unpaired) electrons. The molecule has 1 aliphatic carbocycles. The zero-order valence-electron chi connectivity index (χ0n) is 21.1. The molecule has 0 aromatic carbocycles. The molecule has 0 aromatic heterocycles. The van der Waals surface area contributed by atoms with Crippen molar-refractivity contribution in [1.82, 2.24) is 0 Å². The fraction of sp³-hybridized carbons (Fsp3) is 0.778. The van der Waals surface area contributed by atoms with Gasteiger partial charge in [-0.25, -0.2) is 4.79 Å². The average molecular weight is 451 g/mol. The highest BCUT2D eigenvalue weighted by atomic mass is 16.5. The van der Waals surface area contributed by atoms with Crippen molar-refractivity contribution in [1.29, 1.82) is 0 Å². The molecule has 1 fully saturated rings. The first-order valence-corrected chi connectivity index (χ1v) is 12.3. The van der Waals surface area contributed by atoms with Gasteiger partial charge >= 0.3 is 5.97 Å². The Morgan fingerprint density at radius 1 is 1.12 bits per heavy atom. The van der Waals surface area contributed by atoms with Crippen LogP contribution in [-0.4, -0.2) is 43.3 Å². The van der Waals surface area contributed by atoms with Crippen LogP contribution in [0.1, 0.15) is 85.5 Å². The molecule has 32 heavy (non-hydrogen) atoms. The lowest BCUT2D eigenvalue weighted by Gasteiger charge is -2.25. The number of ether oxygens (including phenoxy) is 2. The third-order valence-corrected chi connectivity index (χ3v) is 6.57. The van der Waals surface area contributed by atoms with Crippen LogP contribution >= 0.6 is 0 Å². The Hall–Kier alpha value is -1.46. The van der Waals surface area contributed by atoms with E-state index in [-0.39, 0.29) is 41.0 Å². The molecular weight excluding hydrogens is 404 g/mol. The standard InChI is InChI=1S/C27H46O5/c1-7-8-11-14-20(26(30)27(2,3)4)17-18-22-21(23(28)19-24(22)31-5)15-12-9-10-13-16-25(29)32-6/h13,16-18,20-24,28H,7-12,14-15,19H2,1-6H3. The molecule has 184 valence electrons. The fourth-order valence-corrected chi connectivity index (χ4v) is 4.64. The number of hydrogen-bond donors (Lipinski definition) is 1. The van der Waals surface area contributed by atoms with Crippen LogP contribution in [-0.2, 0) is 19.1 Å². The number of aliphatic hydroxyl groups is 1. The highest BCUT2D eigenvalue weighted by Gasteiger charge is 2.41. The van der Waals surface area contributed by atoms with Crippen molar-refractivity contribution in [2.45, 2.75) is 97.7 Å². The predicted octanol–water partition coefficient (Wildman–Crippen LogP) is 5.66. The van der Waals surface area contributed by atoms with Crippen molar-refractivity contribution < 1.29 is 24.2 Å². The van der Waals surface area contributed by atoms with Gasteiger partial charge in [0.1, 0.15) is 5.78 Å². The molecule has 0 aromatic rings. The van der Waals surface area contributed by atoms with Gasteiger partial charge < -0.3 is 14.6 Å². The molecule has 5 atom stereocenters. The number of carbonyl (C=O) groups excluding carboxylic acids is 2. The fourth-order valence-electron chi connectivity index (χ4n) is 4.64. The Labute approximate surface area is 195 Å². The van der Waals surface area contributed by atoms with Gasteiger partial charge in [0.2, 0.25) is 0 Å². The molecule has 0 amide bonds. The summed E-state index contributed by atoms with van der Waals surface area (Å²) in [4.78, 5) is 24.2. The van der Waals surface area contributed by atoms with E-state index in [2.05, 4.69) is 23.8 Å². The normalized spacial score (nSPS) is 25.0. The maximum Gasteiger partial charge on any atom is 0.330 e. The molecule has 1 N–H and O–H groups in total. The Balaban J connectivity index is 2.80. The number of methoxy groups -OCH3 is 2. The monoisotopic (exact) mass is 450 g/mol. The van der Waals surface area contributed by atoms with E-state index in [1.54, 1.807) is 7.11 Å². The van der Waals surface area contributed by atoms with Gasteiger partial charge in [0.25, 0.3) is 0 Å². The molecule has 0 heterocycles. The zero-order valence-corrected chi connectivity index (χ0v) is 21.1. The minimum absolute atomic E-state index is 0.0218. The van der Waals surface area contributed by atoms with Gasteiger partial charge in [0, 0.05) is 36.9 Å². The molecule has 0 aliphatic heterocycles. The summed E-state index contributed by atoms with van der Waals surface area (Å²) in [7, 11) is 3.08. The van der Waals surface area contributed by atoms with Crippen molar-refractivity contribution in [3.05, 3.63) is 24.3 Å². The number of aliphatic hydroxyl groups excluding tert-OH is 1. The molecule has 0 spiro atoms. The number of hydrogen-bond acceptors (Lipinski definition) is 5. The van der Waals surface area contributed by atoms with Crippen LogP contribution in [0.3, 0.4) is 0 Å². The SMILES string of the molecule is CCCCCC(C=CC1C(OC)CC(O)C1CCCCC=CC(=O)OC)C(=O)C(C)(C)C. The largest absolute Gasteiger partial charge is 0.466 e. The third kappa shape index (κ3) is 9.58. The summed E-state index contributed by atoms with van der Waals surface area (Å²) in [5.74, 6) is 0.110. The van der Waals surface area contributed by atoms with E-state index < -0.39 is 6.10 Å². The number of allylic oxidation sites excluding steroid dienone is 2. The van der Waals surface area contributed by atoms with E-state index in [1.165, 1.54) is 13.2 Å². The van der Waals surface area contributed by atoms with Gasteiger partial charge in [-0.2, -0.15) is 0 Å². The molecular formula is C27H46O5. The van der Waals surface area contributed by atoms with Crippen LogP contribution in [0.2, 0.25) is 0 Å². The molecule has 1 saturated carbocycles. The lowest BCUT2D eigenvalue weighted by atomic mass is 9.79. The van der Waals surface area contributed by atoms with Crippen LogP contribution in [0, 0.1) is 23.2 Å². The molecule has 1 aliphatic rings.